The van der Waals surface area contributed by atoms with Crippen molar-refractivity contribution in [3.63, 3.8) is 0 Å². The number of methoxy groups -OCH3 is 1. The Labute approximate surface area is 198 Å². The normalized spacial score (nSPS) is 12.0. The molecular formula is C26H27N3O4S. The molecular weight excluding hydrogens is 450 g/mol. The van der Waals surface area contributed by atoms with Gasteiger partial charge in [-0.05, 0) is 59.0 Å². The second-order valence-corrected chi connectivity index (χ2v) is 11.0. The number of benzene rings is 2. The van der Waals surface area contributed by atoms with Crippen molar-refractivity contribution in [2.45, 2.75) is 26.2 Å². The predicted molar refractivity (Wildman–Crippen MR) is 137 cm³/mol. The van der Waals surface area contributed by atoms with Gasteiger partial charge in [-0.2, -0.15) is 0 Å². The average Bonchev–Trinajstić information content (AvgIpc) is 2.76. The summed E-state index contributed by atoms with van der Waals surface area (Å²) < 4.78 is 31.1. The Morgan fingerprint density at radius 3 is 2.26 bits per heavy atom. The Morgan fingerprint density at radius 1 is 0.971 bits per heavy atom. The molecule has 0 atom stereocenters. The first-order valence-corrected chi connectivity index (χ1v) is 12.6. The number of hydrogen-bond donors (Lipinski definition) is 2. The molecule has 2 N–H and O–H groups in total. The van der Waals surface area contributed by atoms with E-state index in [1.165, 1.54) is 0 Å². The minimum Gasteiger partial charge on any atom is -0.481 e. The van der Waals surface area contributed by atoms with Gasteiger partial charge in [0.15, 0.2) is 0 Å². The number of pyridine rings is 2. The molecule has 0 saturated heterocycles. The van der Waals surface area contributed by atoms with E-state index >= 15 is 0 Å². The van der Waals surface area contributed by atoms with E-state index in [1.54, 1.807) is 37.6 Å². The third-order valence-electron chi connectivity index (χ3n) is 5.55. The lowest BCUT2D eigenvalue weighted by atomic mass is 9.84. The highest BCUT2D eigenvalue weighted by Crippen LogP contribution is 2.38. The first-order valence-electron chi connectivity index (χ1n) is 10.8. The molecule has 0 aliphatic rings. The van der Waals surface area contributed by atoms with Crippen LogP contribution in [0.4, 0.5) is 5.69 Å². The molecule has 0 aliphatic heterocycles. The highest BCUT2D eigenvalue weighted by Gasteiger charge is 2.20. The van der Waals surface area contributed by atoms with Crippen molar-refractivity contribution < 1.29 is 13.2 Å². The molecule has 0 bridgehead atoms. The highest BCUT2D eigenvalue weighted by atomic mass is 32.2. The topological polar surface area (TPSA) is 101 Å². The van der Waals surface area contributed by atoms with E-state index < -0.39 is 10.0 Å². The number of fused-ring (bicyclic) bond motifs is 1. The SMILES string of the molecule is COc1nc2c(-c3ccc[nH]c3=O)cc(C(C)(C)C)cc2cc1-c1ccc(NS(C)(=O)=O)cc1. The van der Waals surface area contributed by atoms with Gasteiger partial charge in [0.1, 0.15) is 0 Å². The lowest BCUT2D eigenvalue weighted by Crippen LogP contribution is -2.13. The van der Waals surface area contributed by atoms with Crippen molar-refractivity contribution in [3.8, 4) is 28.1 Å². The van der Waals surface area contributed by atoms with E-state index in [-0.39, 0.29) is 11.0 Å². The first kappa shape index (κ1) is 23.5. The number of nitrogens with zero attached hydrogens (tertiary/aromatic N) is 1. The van der Waals surface area contributed by atoms with Crippen LogP contribution in [0, 0.1) is 0 Å². The van der Waals surface area contributed by atoms with Crippen LogP contribution in [0.3, 0.4) is 0 Å². The highest BCUT2D eigenvalue weighted by molar-refractivity contribution is 7.92. The summed E-state index contributed by atoms with van der Waals surface area (Å²) in [6.45, 7) is 6.37. The van der Waals surface area contributed by atoms with Crippen LogP contribution >= 0.6 is 0 Å². The summed E-state index contributed by atoms with van der Waals surface area (Å²) in [6.07, 6.45) is 2.72. The number of rotatable bonds is 5. The number of H-pyrrole nitrogens is 1. The molecule has 176 valence electrons. The van der Waals surface area contributed by atoms with Gasteiger partial charge in [-0.15, -0.1) is 0 Å². The van der Waals surface area contributed by atoms with Gasteiger partial charge in [-0.3, -0.25) is 9.52 Å². The standard InChI is InChI=1S/C26H27N3O4S/c1-26(2,3)18-13-17-14-21(16-8-10-19(11-9-16)29-34(5,31)32)25(33-4)28-23(17)22(15-18)20-7-6-12-27-24(20)30/h6-15,29H,1-5H3,(H,27,30). The Morgan fingerprint density at radius 2 is 1.68 bits per heavy atom. The molecule has 2 aromatic heterocycles. The minimum absolute atomic E-state index is 0.149. The van der Waals surface area contributed by atoms with Gasteiger partial charge in [0.25, 0.3) is 5.56 Å². The number of sulfonamides is 1. The Kier molecular flexibility index (Phi) is 5.95. The van der Waals surface area contributed by atoms with Gasteiger partial charge in [-0.25, -0.2) is 13.4 Å². The molecule has 8 heteroatoms. The fourth-order valence-electron chi connectivity index (χ4n) is 3.84. The summed E-state index contributed by atoms with van der Waals surface area (Å²) in [4.78, 5) is 20.2. The molecule has 2 aromatic carbocycles. The van der Waals surface area contributed by atoms with Crippen molar-refractivity contribution in [3.05, 3.63) is 76.7 Å². The average molecular weight is 478 g/mol. The van der Waals surface area contributed by atoms with E-state index in [0.717, 1.165) is 33.9 Å². The summed E-state index contributed by atoms with van der Waals surface area (Å²) in [7, 11) is -1.81. The number of hydrogen-bond acceptors (Lipinski definition) is 5. The quantitative estimate of drug-likeness (QED) is 0.424. The fraction of sp³-hybridized carbons (Fsp3) is 0.231. The lowest BCUT2D eigenvalue weighted by Gasteiger charge is -2.22. The molecule has 7 nitrogen and oxygen atoms in total. The van der Waals surface area contributed by atoms with Crippen LogP contribution in [0.5, 0.6) is 5.88 Å². The molecule has 0 spiro atoms. The molecule has 0 radical (unpaired) electrons. The second-order valence-electron chi connectivity index (χ2n) is 9.26. The Hall–Kier alpha value is -3.65. The van der Waals surface area contributed by atoms with Crippen molar-refractivity contribution in [2.75, 3.05) is 18.1 Å². The number of anilines is 1. The van der Waals surface area contributed by atoms with E-state index in [2.05, 4.69) is 36.5 Å². The van der Waals surface area contributed by atoms with Gasteiger partial charge in [0.05, 0.1) is 18.9 Å². The summed E-state index contributed by atoms with van der Waals surface area (Å²) in [6, 6.07) is 16.7. The smallest absolute Gasteiger partial charge is 0.255 e. The van der Waals surface area contributed by atoms with Crippen LogP contribution < -0.4 is 15.0 Å². The number of nitrogens with one attached hydrogen (secondary N) is 2. The molecule has 2 heterocycles. The predicted octanol–water partition coefficient (Wildman–Crippen LogP) is 4.93. The number of ether oxygens (including phenoxy) is 1. The van der Waals surface area contributed by atoms with E-state index in [0.29, 0.717) is 22.6 Å². The third kappa shape index (κ3) is 4.82. The molecule has 4 aromatic rings. The number of aromatic nitrogens is 2. The number of aromatic amines is 1. The zero-order valence-corrected chi connectivity index (χ0v) is 20.6. The molecule has 0 amide bonds. The first-order chi connectivity index (χ1) is 16.0. The van der Waals surface area contributed by atoms with Crippen LogP contribution in [0.25, 0.3) is 33.2 Å². The van der Waals surface area contributed by atoms with Crippen LogP contribution in [0.1, 0.15) is 26.3 Å². The van der Waals surface area contributed by atoms with Crippen molar-refractivity contribution >= 4 is 26.6 Å². The second kappa shape index (κ2) is 8.61. The maximum absolute atomic E-state index is 12.6. The third-order valence-corrected chi connectivity index (χ3v) is 6.16. The Balaban J connectivity index is 1.96. The molecule has 0 unspecified atom stereocenters. The zero-order chi connectivity index (χ0) is 24.7. The molecule has 0 aliphatic carbocycles. The van der Waals surface area contributed by atoms with E-state index in [9.17, 15) is 13.2 Å². The van der Waals surface area contributed by atoms with Crippen LogP contribution in [-0.4, -0.2) is 31.8 Å². The molecule has 0 fully saturated rings. The van der Waals surface area contributed by atoms with Crippen molar-refractivity contribution in [1.29, 1.82) is 0 Å². The van der Waals surface area contributed by atoms with Gasteiger partial charge in [0.2, 0.25) is 15.9 Å². The van der Waals surface area contributed by atoms with Crippen molar-refractivity contribution in [1.82, 2.24) is 9.97 Å². The molecule has 0 saturated carbocycles. The van der Waals surface area contributed by atoms with Crippen LogP contribution in [-0.2, 0) is 15.4 Å². The van der Waals surface area contributed by atoms with Crippen molar-refractivity contribution in [2.24, 2.45) is 0 Å². The van der Waals surface area contributed by atoms with Crippen LogP contribution in [0.15, 0.2) is 65.6 Å². The van der Waals surface area contributed by atoms with Crippen LogP contribution in [0.2, 0.25) is 0 Å². The fourth-order valence-corrected chi connectivity index (χ4v) is 4.40. The minimum atomic E-state index is -3.36. The van der Waals surface area contributed by atoms with E-state index in [1.807, 2.05) is 24.3 Å². The van der Waals surface area contributed by atoms with Gasteiger partial charge in [-0.1, -0.05) is 32.9 Å². The van der Waals surface area contributed by atoms with Gasteiger partial charge < -0.3 is 9.72 Å². The zero-order valence-electron chi connectivity index (χ0n) is 19.8. The maximum atomic E-state index is 12.6. The summed E-state index contributed by atoms with van der Waals surface area (Å²) >= 11 is 0. The lowest BCUT2D eigenvalue weighted by molar-refractivity contribution is 0.401. The monoisotopic (exact) mass is 477 g/mol. The Bertz CT molecular complexity index is 1530. The summed E-state index contributed by atoms with van der Waals surface area (Å²) in [5.74, 6) is 0.411. The molecule has 34 heavy (non-hydrogen) atoms. The molecule has 4 rings (SSSR count). The summed E-state index contributed by atoms with van der Waals surface area (Å²) in [5, 5.41) is 0.875. The maximum Gasteiger partial charge on any atom is 0.255 e. The largest absolute Gasteiger partial charge is 0.481 e. The summed E-state index contributed by atoms with van der Waals surface area (Å²) in [5.41, 5.74) is 4.74. The van der Waals surface area contributed by atoms with Gasteiger partial charge >= 0.3 is 0 Å². The van der Waals surface area contributed by atoms with E-state index in [4.69, 9.17) is 9.72 Å². The van der Waals surface area contributed by atoms with Gasteiger partial charge in [0, 0.05) is 34.0 Å².